The fourth-order valence-corrected chi connectivity index (χ4v) is 2.93. The molecule has 2 N–H and O–H groups in total. The SMILES string of the molecule is CC1(C)CCCC1C(=O)NCC(O)c1ccccc1. The quantitative estimate of drug-likeness (QED) is 0.875. The largest absolute Gasteiger partial charge is 0.387 e. The van der Waals surface area contributed by atoms with E-state index in [4.69, 9.17) is 0 Å². The first-order valence-electron chi connectivity index (χ1n) is 7.01. The Morgan fingerprint density at radius 1 is 1.42 bits per heavy atom. The van der Waals surface area contributed by atoms with E-state index in [1.165, 1.54) is 0 Å². The minimum Gasteiger partial charge on any atom is -0.387 e. The molecule has 104 valence electrons. The second-order valence-corrected chi connectivity index (χ2v) is 6.11. The third-order valence-electron chi connectivity index (χ3n) is 4.23. The van der Waals surface area contributed by atoms with Crippen molar-refractivity contribution in [1.29, 1.82) is 0 Å². The molecule has 1 aromatic rings. The molecular formula is C16H23NO2. The predicted octanol–water partition coefficient (Wildman–Crippen LogP) is 2.66. The first-order chi connectivity index (χ1) is 9.00. The van der Waals surface area contributed by atoms with Gasteiger partial charge in [-0.2, -0.15) is 0 Å². The van der Waals surface area contributed by atoms with Gasteiger partial charge < -0.3 is 10.4 Å². The lowest BCUT2D eigenvalue weighted by Crippen LogP contribution is -2.38. The van der Waals surface area contributed by atoms with Gasteiger partial charge in [0.25, 0.3) is 0 Å². The normalized spacial score (nSPS) is 23.0. The van der Waals surface area contributed by atoms with Crippen molar-refractivity contribution in [2.45, 2.75) is 39.2 Å². The van der Waals surface area contributed by atoms with Crippen molar-refractivity contribution in [3.05, 3.63) is 35.9 Å². The van der Waals surface area contributed by atoms with Crippen LogP contribution < -0.4 is 5.32 Å². The van der Waals surface area contributed by atoms with Gasteiger partial charge in [0.2, 0.25) is 5.91 Å². The predicted molar refractivity (Wildman–Crippen MR) is 75.5 cm³/mol. The number of aliphatic hydroxyl groups is 1. The number of rotatable bonds is 4. The van der Waals surface area contributed by atoms with Crippen LogP contribution >= 0.6 is 0 Å². The van der Waals surface area contributed by atoms with Crippen LogP contribution in [0.4, 0.5) is 0 Å². The van der Waals surface area contributed by atoms with Crippen LogP contribution in [0.25, 0.3) is 0 Å². The van der Waals surface area contributed by atoms with Crippen LogP contribution in [0.5, 0.6) is 0 Å². The summed E-state index contributed by atoms with van der Waals surface area (Å²) in [5, 5.41) is 12.9. The summed E-state index contributed by atoms with van der Waals surface area (Å²) in [4.78, 5) is 12.2. The zero-order valence-electron chi connectivity index (χ0n) is 11.7. The highest BCUT2D eigenvalue weighted by Gasteiger charge is 2.39. The Morgan fingerprint density at radius 2 is 2.11 bits per heavy atom. The molecule has 2 rings (SSSR count). The Balaban J connectivity index is 1.87. The Bertz CT molecular complexity index is 428. The van der Waals surface area contributed by atoms with E-state index >= 15 is 0 Å². The monoisotopic (exact) mass is 261 g/mol. The highest BCUT2D eigenvalue weighted by molar-refractivity contribution is 5.79. The molecule has 0 bridgehead atoms. The summed E-state index contributed by atoms with van der Waals surface area (Å²) < 4.78 is 0. The molecule has 1 fully saturated rings. The van der Waals surface area contributed by atoms with E-state index in [2.05, 4.69) is 19.2 Å². The van der Waals surface area contributed by atoms with Crippen molar-refractivity contribution >= 4 is 5.91 Å². The van der Waals surface area contributed by atoms with Gasteiger partial charge in [-0.25, -0.2) is 0 Å². The molecule has 3 nitrogen and oxygen atoms in total. The molecule has 2 unspecified atom stereocenters. The Hall–Kier alpha value is -1.35. The summed E-state index contributed by atoms with van der Waals surface area (Å²) in [7, 11) is 0. The van der Waals surface area contributed by atoms with Crippen molar-refractivity contribution in [2.24, 2.45) is 11.3 Å². The number of hydrogen-bond acceptors (Lipinski definition) is 2. The van der Waals surface area contributed by atoms with Crippen molar-refractivity contribution in [3.63, 3.8) is 0 Å². The molecule has 0 saturated heterocycles. The maximum absolute atomic E-state index is 12.2. The van der Waals surface area contributed by atoms with Crippen LogP contribution in [0.15, 0.2) is 30.3 Å². The third-order valence-corrected chi connectivity index (χ3v) is 4.23. The number of nitrogens with one attached hydrogen (secondary N) is 1. The summed E-state index contributed by atoms with van der Waals surface area (Å²) in [6.07, 6.45) is 2.55. The first-order valence-corrected chi connectivity index (χ1v) is 7.01. The van der Waals surface area contributed by atoms with E-state index in [1.54, 1.807) is 0 Å². The minimum atomic E-state index is -0.630. The summed E-state index contributed by atoms with van der Waals surface area (Å²) >= 11 is 0. The molecule has 0 heterocycles. The third kappa shape index (κ3) is 3.35. The van der Waals surface area contributed by atoms with Gasteiger partial charge in [-0.15, -0.1) is 0 Å². The summed E-state index contributed by atoms with van der Waals surface area (Å²) in [6, 6.07) is 9.43. The van der Waals surface area contributed by atoms with Gasteiger partial charge in [0, 0.05) is 12.5 Å². The van der Waals surface area contributed by atoms with Crippen molar-refractivity contribution in [3.8, 4) is 0 Å². The average Bonchev–Trinajstić information content (AvgIpc) is 2.76. The zero-order chi connectivity index (χ0) is 13.9. The lowest BCUT2D eigenvalue weighted by Gasteiger charge is -2.26. The number of benzene rings is 1. The average molecular weight is 261 g/mol. The zero-order valence-corrected chi connectivity index (χ0v) is 11.7. The van der Waals surface area contributed by atoms with Crippen molar-refractivity contribution in [1.82, 2.24) is 5.32 Å². The summed E-state index contributed by atoms with van der Waals surface area (Å²) in [6.45, 7) is 4.59. The maximum Gasteiger partial charge on any atom is 0.223 e. The van der Waals surface area contributed by atoms with Crippen LogP contribution in [0.3, 0.4) is 0 Å². The van der Waals surface area contributed by atoms with Gasteiger partial charge in [0.05, 0.1) is 6.10 Å². The lowest BCUT2D eigenvalue weighted by atomic mass is 9.81. The lowest BCUT2D eigenvalue weighted by molar-refractivity contribution is -0.128. The van der Waals surface area contributed by atoms with E-state index in [0.717, 1.165) is 24.8 Å². The number of aliphatic hydroxyl groups excluding tert-OH is 1. The standard InChI is InChI=1S/C16H23NO2/c1-16(2)10-6-9-13(16)15(19)17-11-14(18)12-7-4-3-5-8-12/h3-5,7-8,13-14,18H,6,9-11H2,1-2H3,(H,17,19). The molecule has 0 aromatic heterocycles. The molecule has 1 amide bonds. The van der Waals surface area contributed by atoms with E-state index in [0.29, 0.717) is 0 Å². The number of carbonyl (C=O) groups is 1. The molecule has 2 atom stereocenters. The fraction of sp³-hybridized carbons (Fsp3) is 0.562. The molecule has 1 aliphatic rings. The second kappa shape index (κ2) is 5.74. The van der Waals surface area contributed by atoms with Crippen LogP contribution in [0.2, 0.25) is 0 Å². The van der Waals surface area contributed by atoms with Crippen molar-refractivity contribution in [2.75, 3.05) is 6.54 Å². The molecule has 1 saturated carbocycles. The minimum absolute atomic E-state index is 0.0791. The number of amides is 1. The van der Waals surface area contributed by atoms with Crippen LogP contribution in [0, 0.1) is 11.3 Å². The molecule has 3 heteroatoms. The second-order valence-electron chi connectivity index (χ2n) is 6.11. The highest BCUT2D eigenvalue weighted by Crippen LogP contribution is 2.42. The van der Waals surface area contributed by atoms with E-state index in [1.807, 2.05) is 30.3 Å². The first kappa shape index (κ1) is 14.1. The van der Waals surface area contributed by atoms with Gasteiger partial charge in [0.1, 0.15) is 0 Å². The Kier molecular flexibility index (Phi) is 4.25. The molecule has 0 radical (unpaired) electrons. The summed E-state index contributed by atoms with van der Waals surface area (Å²) in [5.41, 5.74) is 0.926. The molecular weight excluding hydrogens is 238 g/mol. The van der Waals surface area contributed by atoms with E-state index in [-0.39, 0.29) is 23.8 Å². The highest BCUT2D eigenvalue weighted by atomic mass is 16.3. The molecule has 1 aromatic carbocycles. The fourth-order valence-electron chi connectivity index (χ4n) is 2.93. The number of carbonyl (C=O) groups excluding carboxylic acids is 1. The molecule has 0 spiro atoms. The van der Waals surface area contributed by atoms with Crippen molar-refractivity contribution < 1.29 is 9.90 Å². The Morgan fingerprint density at radius 3 is 2.68 bits per heavy atom. The molecule has 19 heavy (non-hydrogen) atoms. The summed E-state index contributed by atoms with van der Waals surface area (Å²) in [5.74, 6) is 0.160. The number of hydrogen-bond donors (Lipinski definition) is 2. The van der Waals surface area contributed by atoms with Gasteiger partial charge in [0.15, 0.2) is 0 Å². The van der Waals surface area contributed by atoms with Gasteiger partial charge in [-0.1, -0.05) is 50.6 Å². The molecule has 1 aliphatic carbocycles. The van der Waals surface area contributed by atoms with Crippen LogP contribution in [-0.4, -0.2) is 17.6 Å². The Labute approximate surface area is 115 Å². The smallest absolute Gasteiger partial charge is 0.223 e. The maximum atomic E-state index is 12.2. The van der Waals surface area contributed by atoms with E-state index in [9.17, 15) is 9.90 Å². The topological polar surface area (TPSA) is 49.3 Å². The van der Waals surface area contributed by atoms with Crippen LogP contribution in [-0.2, 0) is 4.79 Å². The van der Waals surface area contributed by atoms with Crippen LogP contribution in [0.1, 0.15) is 44.8 Å². The molecule has 0 aliphatic heterocycles. The van der Waals surface area contributed by atoms with Gasteiger partial charge >= 0.3 is 0 Å². The van der Waals surface area contributed by atoms with Gasteiger partial charge in [-0.3, -0.25) is 4.79 Å². The van der Waals surface area contributed by atoms with E-state index < -0.39 is 6.10 Å². The van der Waals surface area contributed by atoms with Gasteiger partial charge in [-0.05, 0) is 23.8 Å².